The highest BCUT2D eigenvalue weighted by molar-refractivity contribution is 8.01. The molecule has 0 atom stereocenters. The summed E-state index contributed by atoms with van der Waals surface area (Å²) in [7, 11) is 3.92. The highest BCUT2D eigenvalue weighted by Gasteiger charge is 2.13. The van der Waals surface area contributed by atoms with Gasteiger partial charge in [0.05, 0.1) is 0 Å². The van der Waals surface area contributed by atoms with Gasteiger partial charge in [-0.2, -0.15) is 0 Å². The van der Waals surface area contributed by atoms with Crippen molar-refractivity contribution >= 4 is 55.7 Å². The molecule has 0 aromatic carbocycles. The van der Waals surface area contributed by atoms with Crippen LogP contribution in [-0.4, -0.2) is 40.8 Å². The summed E-state index contributed by atoms with van der Waals surface area (Å²) in [6.07, 6.45) is 0. The Bertz CT molecular complexity index is 750. The minimum atomic E-state index is 0.660. The predicted octanol–water partition coefficient (Wildman–Crippen LogP) is 3.19. The minimum absolute atomic E-state index is 0.660. The van der Waals surface area contributed by atoms with Crippen molar-refractivity contribution in [3.05, 3.63) is 11.4 Å². The molecule has 9 heteroatoms. The Kier molecular flexibility index (Phi) is 4.22. The SMILES string of the molecule is CCNc1nc(Sc2nnc(N(C)C)s2)c2ccsc2n1. The van der Waals surface area contributed by atoms with Crippen LogP contribution < -0.4 is 10.2 Å². The van der Waals surface area contributed by atoms with E-state index in [1.54, 1.807) is 22.7 Å². The van der Waals surface area contributed by atoms with Gasteiger partial charge in [-0.25, -0.2) is 9.97 Å². The molecule has 0 bridgehead atoms. The lowest BCUT2D eigenvalue weighted by Crippen LogP contribution is -2.07. The second kappa shape index (κ2) is 6.12. The van der Waals surface area contributed by atoms with E-state index in [0.29, 0.717) is 5.95 Å². The third kappa shape index (κ3) is 3.09. The van der Waals surface area contributed by atoms with Gasteiger partial charge in [0, 0.05) is 26.0 Å². The Balaban J connectivity index is 1.96. The average molecular weight is 338 g/mol. The van der Waals surface area contributed by atoms with Crippen LogP contribution >= 0.6 is 34.4 Å². The Morgan fingerprint density at radius 3 is 2.86 bits per heavy atom. The van der Waals surface area contributed by atoms with Gasteiger partial charge >= 0.3 is 0 Å². The second-order valence-corrected chi connectivity index (χ2v) is 7.46. The molecule has 21 heavy (non-hydrogen) atoms. The van der Waals surface area contributed by atoms with Crippen LogP contribution in [0, 0.1) is 0 Å². The molecule has 0 unspecified atom stereocenters. The molecule has 0 aliphatic heterocycles. The number of anilines is 2. The lowest BCUT2D eigenvalue weighted by Gasteiger charge is -2.05. The van der Waals surface area contributed by atoms with Gasteiger partial charge < -0.3 is 10.2 Å². The van der Waals surface area contributed by atoms with Crippen molar-refractivity contribution in [2.24, 2.45) is 0 Å². The van der Waals surface area contributed by atoms with Crippen molar-refractivity contribution in [1.29, 1.82) is 0 Å². The first-order valence-corrected chi connectivity index (χ1v) is 8.86. The van der Waals surface area contributed by atoms with Gasteiger partial charge in [0.15, 0.2) is 4.34 Å². The smallest absolute Gasteiger partial charge is 0.225 e. The topological polar surface area (TPSA) is 66.8 Å². The maximum absolute atomic E-state index is 4.58. The average Bonchev–Trinajstić information content (AvgIpc) is 3.07. The van der Waals surface area contributed by atoms with Crippen molar-refractivity contribution in [1.82, 2.24) is 20.2 Å². The number of hydrogen-bond donors (Lipinski definition) is 1. The number of nitrogens with zero attached hydrogens (tertiary/aromatic N) is 5. The first-order chi connectivity index (χ1) is 10.2. The molecular formula is C12H14N6S3. The van der Waals surface area contributed by atoms with E-state index < -0.39 is 0 Å². The van der Waals surface area contributed by atoms with Crippen molar-refractivity contribution in [2.45, 2.75) is 16.3 Å². The minimum Gasteiger partial charge on any atom is -0.354 e. The largest absolute Gasteiger partial charge is 0.354 e. The molecule has 0 radical (unpaired) electrons. The maximum atomic E-state index is 4.58. The molecule has 1 N–H and O–H groups in total. The number of hydrogen-bond acceptors (Lipinski definition) is 9. The first-order valence-electron chi connectivity index (χ1n) is 6.35. The standard InChI is InChI=1S/C12H14N6S3/c1-4-13-10-14-8-7(5-6-19-8)9(15-10)20-12-17-16-11(21-12)18(2)3/h5-6H,4H2,1-3H3,(H,13,14,15). The van der Waals surface area contributed by atoms with Crippen LogP contribution in [0.25, 0.3) is 10.2 Å². The fourth-order valence-corrected chi connectivity index (χ4v) is 4.26. The van der Waals surface area contributed by atoms with Crippen molar-refractivity contribution in [2.75, 3.05) is 30.9 Å². The predicted molar refractivity (Wildman–Crippen MR) is 89.9 cm³/mol. The van der Waals surface area contributed by atoms with Crippen LogP contribution in [0.5, 0.6) is 0 Å². The van der Waals surface area contributed by atoms with Gasteiger partial charge in [-0.3, -0.25) is 0 Å². The van der Waals surface area contributed by atoms with E-state index >= 15 is 0 Å². The van der Waals surface area contributed by atoms with Crippen LogP contribution in [0.2, 0.25) is 0 Å². The van der Waals surface area contributed by atoms with Gasteiger partial charge in [-0.15, -0.1) is 21.5 Å². The zero-order valence-corrected chi connectivity index (χ0v) is 14.3. The lowest BCUT2D eigenvalue weighted by molar-refractivity contribution is 0.970. The first kappa shape index (κ1) is 14.5. The van der Waals surface area contributed by atoms with E-state index in [-0.39, 0.29) is 0 Å². The fraction of sp³-hybridized carbons (Fsp3) is 0.333. The van der Waals surface area contributed by atoms with Crippen LogP contribution in [-0.2, 0) is 0 Å². The van der Waals surface area contributed by atoms with Crippen molar-refractivity contribution < 1.29 is 0 Å². The zero-order chi connectivity index (χ0) is 14.8. The molecule has 0 saturated heterocycles. The molecule has 0 amide bonds. The molecule has 3 heterocycles. The molecule has 3 rings (SSSR count). The molecule has 0 saturated carbocycles. The highest BCUT2D eigenvalue weighted by atomic mass is 32.2. The van der Waals surface area contributed by atoms with Crippen LogP contribution in [0.15, 0.2) is 20.8 Å². The van der Waals surface area contributed by atoms with E-state index in [9.17, 15) is 0 Å². The number of fused-ring (bicyclic) bond motifs is 1. The van der Waals surface area contributed by atoms with Crippen LogP contribution in [0.3, 0.4) is 0 Å². The molecule has 3 aromatic rings. The Labute approximate surface area is 134 Å². The Morgan fingerprint density at radius 2 is 2.14 bits per heavy atom. The monoisotopic (exact) mass is 338 g/mol. The number of nitrogens with one attached hydrogen (secondary N) is 1. The van der Waals surface area contributed by atoms with E-state index in [2.05, 4.69) is 25.5 Å². The molecule has 6 nitrogen and oxygen atoms in total. The summed E-state index contributed by atoms with van der Waals surface area (Å²) in [6.45, 7) is 2.83. The third-order valence-corrected chi connectivity index (χ3v) is 5.54. The second-order valence-electron chi connectivity index (χ2n) is 4.37. The van der Waals surface area contributed by atoms with E-state index in [1.165, 1.54) is 11.8 Å². The molecular weight excluding hydrogens is 324 g/mol. The number of thiophene rings is 1. The van der Waals surface area contributed by atoms with Crippen molar-refractivity contribution in [3.63, 3.8) is 0 Å². The van der Waals surface area contributed by atoms with Crippen LogP contribution in [0.4, 0.5) is 11.1 Å². The summed E-state index contributed by atoms with van der Waals surface area (Å²) in [5, 5.41) is 16.4. The zero-order valence-electron chi connectivity index (χ0n) is 11.8. The summed E-state index contributed by atoms with van der Waals surface area (Å²) in [5.74, 6) is 0.660. The highest BCUT2D eigenvalue weighted by Crippen LogP contribution is 2.36. The summed E-state index contributed by atoms with van der Waals surface area (Å²) >= 11 is 4.71. The summed E-state index contributed by atoms with van der Waals surface area (Å²) < 4.78 is 0.882. The summed E-state index contributed by atoms with van der Waals surface area (Å²) in [6, 6.07) is 2.05. The van der Waals surface area contributed by atoms with Gasteiger partial charge in [0.2, 0.25) is 11.1 Å². The molecule has 0 spiro atoms. The van der Waals surface area contributed by atoms with Gasteiger partial charge in [-0.05, 0) is 30.1 Å². The number of aromatic nitrogens is 4. The quantitative estimate of drug-likeness (QED) is 0.717. The lowest BCUT2D eigenvalue weighted by atomic mass is 10.4. The van der Waals surface area contributed by atoms with Gasteiger partial charge in [-0.1, -0.05) is 11.3 Å². The summed E-state index contributed by atoms with van der Waals surface area (Å²) in [5.41, 5.74) is 0. The maximum Gasteiger partial charge on any atom is 0.225 e. The normalized spacial score (nSPS) is 11.0. The van der Waals surface area contributed by atoms with Crippen molar-refractivity contribution in [3.8, 4) is 0 Å². The Hall–Kier alpha value is -1.45. The van der Waals surface area contributed by atoms with Crippen LogP contribution in [0.1, 0.15) is 6.92 Å². The van der Waals surface area contributed by atoms with Gasteiger partial charge in [0.25, 0.3) is 0 Å². The third-order valence-electron chi connectivity index (χ3n) is 2.59. The molecule has 0 aliphatic rings. The van der Waals surface area contributed by atoms with Gasteiger partial charge in [0.1, 0.15) is 9.86 Å². The summed E-state index contributed by atoms with van der Waals surface area (Å²) in [4.78, 5) is 12.0. The number of rotatable bonds is 5. The Morgan fingerprint density at radius 1 is 1.29 bits per heavy atom. The fourth-order valence-electron chi connectivity index (χ4n) is 1.65. The molecule has 0 fully saturated rings. The van der Waals surface area contributed by atoms with E-state index in [1.807, 2.05) is 37.4 Å². The van der Waals surface area contributed by atoms with E-state index in [4.69, 9.17) is 0 Å². The van der Waals surface area contributed by atoms with E-state index in [0.717, 1.165) is 31.3 Å². The molecule has 3 aromatic heterocycles. The molecule has 0 aliphatic carbocycles. The molecule has 110 valence electrons.